The highest BCUT2D eigenvalue weighted by molar-refractivity contribution is 5.80. The van der Waals surface area contributed by atoms with Crippen LogP contribution in [0.25, 0.3) is 11.3 Å². The maximum Gasteiger partial charge on any atom is 0.237 e. The predicted molar refractivity (Wildman–Crippen MR) is 84.3 cm³/mol. The molecule has 3 rings (SSSR count). The molecule has 0 aliphatic carbocycles. The van der Waals surface area contributed by atoms with E-state index in [-0.39, 0.29) is 11.7 Å². The Balaban J connectivity index is 1.86. The molecular formula is C18H13FN2O2. The molecule has 0 radical (unpaired) electrons. The number of halogens is 1. The second-order valence-corrected chi connectivity index (χ2v) is 5.04. The van der Waals surface area contributed by atoms with Crippen LogP contribution in [-0.4, -0.2) is 6.21 Å². The van der Waals surface area contributed by atoms with Crippen molar-refractivity contribution >= 4 is 12.1 Å². The molecule has 1 aromatic carbocycles. The van der Waals surface area contributed by atoms with Crippen molar-refractivity contribution in [2.75, 3.05) is 0 Å². The summed E-state index contributed by atoms with van der Waals surface area (Å²) in [7, 11) is 0. The largest absolute Gasteiger partial charge is 0.455 e. The van der Waals surface area contributed by atoms with Crippen LogP contribution < -0.4 is 0 Å². The number of hydrogen-bond donors (Lipinski definition) is 0. The van der Waals surface area contributed by atoms with Gasteiger partial charge in [0.1, 0.15) is 34.7 Å². The molecule has 2 heterocycles. The molecule has 2 aromatic heterocycles. The van der Waals surface area contributed by atoms with E-state index in [4.69, 9.17) is 14.1 Å². The third kappa shape index (κ3) is 2.92. The van der Waals surface area contributed by atoms with Gasteiger partial charge in [0, 0.05) is 11.1 Å². The Morgan fingerprint density at radius 1 is 1.09 bits per heavy atom. The van der Waals surface area contributed by atoms with Crippen LogP contribution in [0.1, 0.15) is 22.6 Å². The zero-order chi connectivity index (χ0) is 16.4. The minimum Gasteiger partial charge on any atom is -0.455 e. The molecule has 0 aliphatic rings. The molecule has 0 unspecified atom stereocenters. The fourth-order valence-electron chi connectivity index (χ4n) is 2.15. The minimum absolute atomic E-state index is 0.266. The van der Waals surface area contributed by atoms with Gasteiger partial charge in [0.2, 0.25) is 5.88 Å². The Morgan fingerprint density at radius 3 is 2.52 bits per heavy atom. The zero-order valence-electron chi connectivity index (χ0n) is 12.6. The Hall–Kier alpha value is -3.13. The monoisotopic (exact) mass is 308 g/mol. The van der Waals surface area contributed by atoms with Crippen LogP contribution >= 0.6 is 0 Å². The van der Waals surface area contributed by atoms with Gasteiger partial charge in [-0.25, -0.2) is 9.38 Å². The smallest absolute Gasteiger partial charge is 0.237 e. The van der Waals surface area contributed by atoms with Gasteiger partial charge in [-0.05, 0) is 50.2 Å². The van der Waals surface area contributed by atoms with Crippen molar-refractivity contribution in [2.24, 2.45) is 4.99 Å². The van der Waals surface area contributed by atoms with Crippen molar-refractivity contribution in [1.29, 1.82) is 5.26 Å². The normalized spacial score (nSPS) is 11.0. The Bertz CT molecular complexity index is 912. The second-order valence-electron chi connectivity index (χ2n) is 5.04. The third-order valence-electron chi connectivity index (χ3n) is 3.54. The first-order valence-corrected chi connectivity index (χ1v) is 6.98. The maximum atomic E-state index is 12.9. The van der Waals surface area contributed by atoms with E-state index in [1.807, 2.05) is 6.92 Å². The lowest BCUT2D eigenvalue weighted by molar-refractivity contribution is 0.540. The molecule has 0 amide bonds. The lowest BCUT2D eigenvalue weighted by atomic mass is 10.2. The summed E-state index contributed by atoms with van der Waals surface area (Å²) in [4.78, 5) is 4.18. The summed E-state index contributed by atoms with van der Waals surface area (Å²) in [5, 5.41) is 9.15. The van der Waals surface area contributed by atoms with Gasteiger partial charge in [-0.3, -0.25) is 0 Å². The number of nitriles is 1. The highest BCUT2D eigenvalue weighted by Crippen LogP contribution is 2.28. The summed E-state index contributed by atoms with van der Waals surface area (Å²) in [6.45, 7) is 3.60. The predicted octanol–water partition coefficient (Wildman–Crippen LogP) is 4.92. The summed E-state index contributed by atoms with van der Waals surface area (Å²) >= 11 is 0. The van der Waals surface area contributed by atoms with Crippen LogP contribution in [-0.2, 0) is 0 Å². The van der Waals surface area contributed by atoms with Gasteiger partial charge < -0.3 is 8.83 Å². The first-order valence-electron chi connectivity index (χ1n) is 6.98. The number of aryl methyl sites for hydroxylation is 1. The van der Waals surface area contributed by atoms with Crippen molar-refractivity contribution in [1.82, 2.24) is 0 Å². The fourth-order valence-corrected chi connectivity index (χ4v) is 2.15. The lowest BCUT2D eigenvalue weighted by Gasteiger charge is -1.95. The molecule has 0 atom stereocenters. The van der Waals surface area contributed by atoms with Crippen LogP contribution in [0.15, 0.2) is 50.2 Å². The van der Waals surface area contributed by atoms with Gasteiger partial charge in [0.15, 0.2) is 0 Å². The van der Waals surface area contributed by atoms with Gasteiger partial charge in [-0.15, -0.1) is 0 Å². The average Bonchev–Trinajstić information content (AvgIpc) is 3.12. The summed E-state index contributed by atoms with van der Waals surface area (Å²) in [6, 6.07) is 11.6. The first-order chi connectivity index (χ1) is 11.1. The van der Waals surface area contributed by atoms with Crippen LogP contribution in [0.4, 0.5) is 10.3 Å². The van der Waals surface area contributed by atoms with E-state index in [1.165, 1.54) is 18.3 Å². The molecule has 114 valence electrons. The van der Waals surface area contributed by atoms with E-state index in [0.717, 1.165) is 11.1 Å². The van der Waals surface area contributed by atoms with Gasteiger partial charge in [0.25, 0.3) is 0 Å². The average molecular weight is 308 g/mol. The lowest BCUT2D eigenvalue weighted by Crippen LogP contribution is -1.78. The molecule has 4 nitrogen and oxygen atoms in total. The van der Waals surface area contributed by atoms with E-state index < -0.39 is 0 Å². The molecule has 0 aliphatic heterocycles. The quantitative estimate of drug-likeness (QED) is 0.645. The number of aliphatic imine (C=N–C) groups is 1. The Morgan fingerprint density at radius 2 is 1.83 bits per heavy atom. The van der Waals surface area contributed by atoms with E-state index in [1.54, 1.807) is 31.2 Å². The van der Waals surface area contributed by atoms with Crippen LogP contribution in [0.2, 0.25) is 0 Å². The van der Waals surface area contributed by atoms with Crippen molar-refractivity contribution in [3.8, 4) is 17.4 Å². The molecule has 3 aromatic rings. The molecule has 0 N–H and O–H groups in total. The molecule has 0 saturated carbocycles. The summed E-state index contributed by atoms with van der Waals surface area (Å²) < 4.78 is 24.0. The molecule has 0 spiro atoms. The van der Waals surface area contributed by atoms with Gasteiger partial charge in [-0.1, -0.05) is 0 Å². The van der Waals surface area contributed by atoms with Gasteiger partial charge >= 0.3 is 0 Å². The van der Waals surface area contributed by atoms with Crippen molar-refractivity contribution in [2.45, 2.75) is 13.8 Å². The summed E-state index contributed by atoms with van der Waals surface area (Å²) in [5.74, 6) is 1.76. The minimum atomic E-state index is -0.297. The second kappa shape index (κ2) is 5.93. The Labute approximate surface area is 132 Å². The number of rotatable bonds is 3. The van der Waals surface area contributed by atoms with Crippen molar-refractivity contribution in [3.05, 3.63) is 64.9 Å². The molecule has 5 heteroatoms. The van der Waals surface area contributed by atoms with E-state index in [9.17, 15) is 4.39 Å². The zero-order valence-corrected chi connectivity index (χ0v) is 12.6. The van der Waals surface area contributed by atoms with Crippen LogP contribution in [0.3, 0.4) is 0 Å². The number of nitrogens with zero attached hydrogens (tertiary/aromatic N) is 2. The highest BCUT2D eigenvalue weighted by Gasteiger charge is 2.13. The number of benzene rings is 1. The van der Waals surface area contributed by atoms with Crippen LogP contribution in [0, 0.1) is 31.0 Å². The first kappa shape index (κ1) is 14.8. The van der Waals surface area contributed by atoms with Gasteiger partial charge in [0.05, 0.1) is 6.21 Å². The van der Waals surface area contributed by atoms with Gasteiger partial charge in [-0.2, -0.15) is 5.26 Å². The van der Waals surface area contributed by atoms with Crippen molar-refractivity contribution in [3.63, 3.8) is 0 Å². The van der Waals surface area contributed by atoms with E-state index >= 15 is 0 Å². The molecule has 0 saturated heterocycles. The van der Waals surface area contributed by atoms with E-state index in [0.29, 0.717) is 22.8 Å². The van der Waals surface area contributed by atoms with Crippen molar-refractivity contribution < 1.29 is 13.2 Å². The fraction of sp³-hybridized carbons (Fsp3) is 0.111. The molecule has 0 bridgehead atoms. The highest BCUT2D eigenvalue weighted by atomic mass is 19.1. The standard InChI is InChI=1S/C18H13FN2O2/c1-11-12(2)22-18(16(11)9-20)21-10-15-7-8-17(23-15)13-3-5-14(19)6-4-13/h3-8,10H,1-2H3/b21-10+. The Kier molecular flexibility index (Phi) is 3.82. The third-order valence-corrected chi connectivity index (χ3v) is 3.54. The van der Waals surface area contributed by atoms with Crippen LogP contribution in [0.5, 0.6) is 0 Å². The number of hydrogen-bond acceptors (Lipinski definition) is 4. The summed E-state index contributed by atoms with van der Waals surface area (Å²) in [6.07, 6.45) is 1.49. The molecule has 0 fully saturated rings. The number of furan rings is 2. The summed E-state index contributed by atoms with van der Waals surface area (Å²) in [5.41, 5.74) is 1.98. The van der Waals surface area contributed by atoms with E-state index in [2.05, 4.69) is 11.1 Å². The molecule has 23 heavy (non-hydrogen) atoms. The topological polar surface area (TPSA) is 62.4 Å². The molecular weight excluding hydrogens is 295 g/mol. The SMILES string of the molecule is Cc1oc(/N=C/c2ccc(-c3ccc(F)cc3)o2)c(C#N)c1C. The maximum absolute atomic E-state index is 12.9.